The Hall–Kier alpha value is -1.41. The van der Waals surface area contributed by atoms with Crippen LogP contribution >= 0.6 is 0 Å². The zero-order valence-corrected chi connectivity index (χ0v) is 10.1. The number of carbonyl (C=O) groups excluding carboxylic acids is 1. The minimum atomic E-state index is 0.0348. The summed E-state index contributed by atoms with van der Waals surface area (Å²) in [5, 5.41) is 0. The third-order valence-corrected chi connectivity index (χ3v) is 2.51. The summed E-state index contributed by atoms with van der Waals surface area (Å²) in [7, 11) is 0. The molecule has 0 amide bonds. The van der Waals surface area contributed by atoms with Crippen LogP contribution in [0.15, 0.2) is 30.4 Å². The lowest BCUT2D eigenvalue weighted by molar-refractivity contribution is 0.0806. The fourth-order valence-electron chi connectivity index (χ4n) is 1.31. The molecule has 0 fully saturated rings. The predicted molar refractivity (Wildman–Crippen MR) is 65.9 cm³/mol. The van der Waals surface area contributed by atoms with Gasteiger partial charge >= 0.3 is 0 Å². The number of carbonyl (C=O) groups is 1. The zero-order valence-electron chi connectivity index (χ0n) is 10.1. The quantitative estimate of drug-likeness (QED) is 0.431. The molecule has 16 heavy (non-hydrogen) atoms. The molecule has 0 radical (unpaired) electrons. The van der Waals surface area contributed by atoms with Crippen LogP contribution in [0.4, 0.5) is 0 Å². The molecule has 0 aliphatic heterocycles. The number of hydrogen-bond donors (Lipinski definition) is 0. The van der Waals surface area contributed by atoms with E-state index in [9.17, 15) is 4.79 Å². The Morgan fingerprint density at radius 2 is 2.06 bits per heavy atom. The highest BCUT2D eigenvalue weighted by atomic mass is 16.5. The molecule has 1 aromatic carbocycles. The van der Waals surface area contributed by atoms with Crippen molar-refractivity contribution in [3.8, 4) is 0 Å². The van der Waals surface area contributed by atoms with E-state index in [-0.39, 0.29) is 12.4 Å². The van der Waals surface area contributed by atoms with Gasteiger partial charge < -0.3 is 4.74 Å². The van der Waals surface area contributed by atoms with E-state index in [0.717, 1.165) is 11.1 Å². The molecule has 0 spiro atoms. The molecule has 0 saturated carbocycles. The van der Waals surface area contributed by atoms with Crippen LogP contribution in [0.1, 0.15) is 28.4 Å². The van der Waals surface area contributed by atoms with Gasteiger partial charge in [-0.05, 0) is 38.0 Å². The lowest BCUT2D eigenvalue weighted by atomic mass is 10.0. The van der Waals surface area contributed by atoms with E-state index in [2.05, 4.69) is 0 Å². The summed E-state index contributed by atoms with van der Waals surface area (Å²) < 4.78 is 5.22. The maximum Gasteiger partial charge on any atom is 0.188 e. The van der Waals surface area contributed by atoms with Gasteiger partial charge in [0.1, 0.15) is 6.61 Å². The molecular weight excluding hydrogens is 200 g/mol. The first-order valence-electron chi connectivity index (χ1n) is 5.44. The van der Waals surface area contributed by atoms with Crippen molar-refractivity contribution < 1.29 is 9.53 Å². The molecular formula is C14H18O2. The van der Waals surface area contributed by atoms with E-state index < -0.39 is 0 Å². The molecule has 0 atom stereocenters. The number of hydrogen-bond acceptors (Lipinski definition) is 2. The van der Waals surface area contributed by atoms with Gasteiger partial charge in [0.15, 0.2) is 5.78 Å². The fourth-order valence-corrected chi connectivity index (χ4v) is 1.31. The molecule has 2 nitrogen and oxygen atoms in total. The lowest BCUT2D eigenvalue weighted by Crippen LogP contribution is -2.09. The maximum absolute atomic E-state index is 11.7. The van der Waals surface area contributed by atoms with Crippen LogP contribution in [0.3, 0.4) is 0 Å². The van der Waals surface area contributed by atoms with E-state index in [4.69, 9.17) is 4.74 Å². The largest absolute Gasteiger partial charge is 0.369 e. The van der Waals surface area contributed by atoms with E-state index in [1.165, 1.54) is 5.56 Å². The Bertz CT molecular complexity index is 392. The summed E-state index contributed by atoms with van der Waals surface area (Å²) in [6.45, 7) is 6.60. The highest BCUT2D eigenvalue weighted by molar-refractivity contribution is 5.97. The molecule has 0 aliphatic rings. The van der Waals surface area contributed by atoms with Gasteiger partial charge in [-0.15, -0.1) is 0 Å². The second kappa shape index (κ2) is 6.23. The monoisotopic (exact) mass is 218 g/mol. The number of Topliss-reactive ketones (excluding diaryl/α,β-unsaturated/α-hetero) is 1. The minimum Gasteiger partial charge on any atom is -0.369 e. The fraction of sp³-hybridized carbons (Fsp3) is 0.357. The molecule has 0 heterocycles. The third kappa shape index (κ3) is 3.63. The second-order valence-electron chi connectivity index (χ2n) is 3.81. The Balaban J connectivity index is 2.56. The summed E-state index contributed by atoms with van der Waals surface area (Å²) in [6.07, 6.45) is 3.79. The number of allylic oxidation sites excluding steroid dienone is 1. The van der Waals surface area contributed by atoms with Crippen LogP contribution < -0.4 is 0 Å². The Morgan fingerprint density at radius 3 is 2.69 bits per heavy atom. The van der Waals surface area contributed by atoms with Crippen molar-refractivity contribution in [1.29, 1.82) is 0 Å². The van der Waals surface area contributed by atoms with E-state index in [1.54, 1.807) is 0 Å². The first-order valence-corrected chi connectivity index (χ1v) is 5.44. The van der Waals surface area contributed by atoms with Crippen molar-refractivity contribution in [2.45, 2.75) is 20.8 Å². The van der Waals surface area contributed by atoms with Crippen LogP contribution in [0.2, 0.25) is 0 Å². The average Bonchev–Trinajstić information content (AvgIpc) is 2.28. The smallest absolute Gasteiger partial charge is 0.188 e. The van der Waals surface area contributed by atoms with Gasteiger partial charge in [0.05, 0.1) is 6.61 Å². The third-order valence-electron chi connectivity index (χ3n) is 2.51. The zero-order chi connectivity index (χ0) is 12.0. The van der Waals surface area contributed by atoms with Gasteiger partial charge in [-0.3, -0.25) is 4.79 Å². The molecule has 0 unspecified atom stereocenters. The van der Waals surface area contributed by atoms with Crippen LogP contribution in [-0.2, 0) is 4.74 Å². The van der Waals surface area contributed by atoms with Crippen molar-refractivity contribution in [2.75, 3.05) is 13.2 Å². The number of benzene rings is 1. The SMILES string of the molecule is CC=CCOCC(=O)c1ccc(C)c(C)c1. The Morgan fingerprint density at radius 1 is 1.31 bits per heavy atom. The van der Waals surface area contributed by atoms with Gasteiger partial charge in [0, 0.05) is 5.56 Å². The minimum absolute atomic E-state index is 0.0348. The van der Waals surface area contributed by atoms with Gasteiger partial charge in [0.25, 0.3) is 0 Å². The number of aryl methyl sites for hydroxylation is 2. The van der Waals surface area contributed by atoms with Gasteiger partial charge in [-0.2, -0.15) is 0 Å². The molecule has 86 valence electrons. The van der Waals surface area contributed by atoms with Crippen molar-refractivity contribution in [2.24, 2.45) is 0 Å². The molecule has 1 aromatic rings. The molecule has 0 bridgehead atoms. The number of ether oxygens (including phenoxy) is 1. The van der Waals surface area contributed by atoms with Crippen molar-refractivity contribution in [3.05, 3.63) is 47.0 Å². The highest BCUT2D eigenvalue weighted by Crippen LogP contribution is 2.10. The Kier molecular flexibility index (Phi) is 4.93. The number of ketones is 1. The predicted octanol–water partition coefficient (Wildman–Crippen LogP) is 3.08. The van der Waals surface area contributed by atoms with Crippen molar-refractivity contribution >= 4 is 5.78 Å². The van der Waals surface area contributed by atoms with Crippen LogP contribution in [0.25, 0.3) is 0 Å². The van der Waals surface area contributed by atoms with Crippen LogP contribution in [-0.4, -0.2) is 19.0 Å². The summed E-state index contributed by atoms with van der Waals surface area (Å²) in [5.74, 6) is 0.0348. The van der Waals surface area contributed by atoms with Crippen molar-refractivity contribution in [1.82, 2.24) is 0 Å². The van der Waals surface area contributed by atoms with Crippen LogP contribution in [0.5, 0.6) is 0 Å². The second-order valence-corrected chi connectivity index (χ2v) is 3.81. The first-order chi connectivity index (χ1) is 7.65. The summed E-state index contributed by atoms with van der Waals surface area (Å²) in [5.41, 5.74) is 3.06. The van der Waals surface area contributed by atoms with E-state index in [0.29, 0.717) is 6.61 Å². The maximum atomic E-state index is 11.7. The summed E-state index contributed by atoms with van der Waals surface area (Å²) in [4.78, 5) is 11.7. The molecule has 0 N–H and O–H groups in total. The first kappa shape index (κ1) is 12.7. The highest BCUT2D eigenvalue weighted by Gasteiger charge is 2.06. The molecule has 0 saturated heterocycles. The summed E-state index contributed by atoms with van der Waals surface area (Å²) >= 11 is 0. The molecule has 1 rings (SSSR count). The lowest BCUT2D eigenvalue weighted by Gasteiger charge is -2.04. The van der Waals surface area contributed by atoms with Gasteiger partial charge in [0.2, 0.25) is 0 Å². The number of rotatable bonds is 5. The summed E-state index contributed by atoms with van der Waals surface area (Å²) in [6, 6.07) is 5.73. The Labute approximate surface area is 96.9 Å². The van der Waals surface area contributed by atoms with Gasteiger partial charge in [-0.25, -0.2) is 0 Å². The van der Waals surface area contributed by atoms with Crippen LogP contribution in [0, 0.1) is 13.8 Å². The van der Waals surface area contributed by atoms with Crippen molar-refractivity contribution in [3.63, 3.8) is 0 Å². The molecule has 2 heteroatoms. The van der Waals surface area contributed by atoms with Gasteiger partial charge in [-0.1, -0.05) is 24.3 Å². The van der Waals surface area contributed by atoms with E-state index >= 15 is 0 Å². The molecule has 0 aliphatic carbocycles. The molecule has 0 aromatic heterocycles. The standard InChI is InChI=1S/C14H18O2/c1-4-5-8-16-10-14(15)13-7-6-11(2)12(3)9-13/h4-7,9H,8,10H2,1-3H3. The van der Waals surface area contributed by atoms with E-state index in [1.807, 2.05) is 51.1 Å². The average molecular weight is 218 g/mol. The normalized spacial score (nSPS) is 10.9. The topological polar surface area (TPSA) is 26.3 Å².